The lowest BCUT2D eigenvalue weighted by Crippen LogP contribution is -2.35. The van der Waals surface area contributed by atoms with Crippen molar-refractivity contribution in [3.8, 4) is 5.75 Å². The SMILES string of the molecule is CN(OC(=O)C1CCCCC1)C(=S)Oc1ccc2ccccc2c1. The van der Waals surface area contributed by atoms with Crippen LogP contribution in [0.1, 0.15) is 32.1 Å². The van der Waals surface area contributed by atoms with Gasteiger partial charge < -0.3 is 9.57 Å². The fourth-order valence-electron chi connectivity index (χ4n) is 2.98. The lowest BCUT2D eigenvalue weighted by atomic mass is 9.89. The third-order valence-corrected chi connectivity index (χ3v) is 4.69. The first-order chi connectivity index (χ1) is 11.6. The molecule has 3 rings (SSSR count). The van der Waals surface area contributed by atoms with Gasteiger partial charge in [-0.25, -0.2) is 4.79 Å². The minimum absolute atomic E-state index is 0.0235. The molecule has 0 N–H and O–H groups in total. The zero-order valence-corrected chi connectivity index (χ0v) is 14.6. The molecule has 0 aromatic heterocycles. The summed E-state index contributed by atoms with van der Waals surface area (Å²) >= 11 is 5.23. The third-order valence-electron chi connectivity index (χ3n) is 4.35. The van der Waals surface area contributed by atoms with Crippen LogP contribution in [-0.4, -0.2) is 23.3 Å². The molecule has 1 aliphatic carbocycles. The molecule has 2 aromatic carbocycles. The molecule has 4 nitrogen and oxygen atoms in total. The quantitative estimate of drug-likeness (QED) is 0.594. The van der Waals surface area contributed by atoms with Crippen molar-refractivity contribution in [2.75, 3.05) is 7.05 Å². The molecule has 0 radical (unpaired) electrons. The summed E-state index contributed by atoms with van der Waals surface area (Å²) in [6, 6.07) is 13.8. The van der Waals surface area contributed by atoms with Crippen LogP contribution in [0.25, 0.3) is 10.8 Å². The van der Waals surface area contributed by atoms with E-state index in [-0.39, 0.29) is 17.1 Å². The predicted molar refractivity (Wildman–Crippen MR) is 97.6 cm³/mol. The molecule has 0 aliphatic heterocycles. The molecule has 0 saturated heterocycles. The summed E-state index contributed by atoms with van der Waals surface area (Å²) in [4.78, 5) is 17.5. The molecule has 0 heterocycles. The monoisotopic (exact) mass is 343 g/mol. The van der Waals surface area contributed by atoms with Gasteiger partial charge in [0.25, 0.3) is 5.17 Å². The van der Waals surface area contributed by atoms with Gasteiger partial charge in [-0.2, -0.15) is 5.06 Å². The van der Waals surface area contributed by atoms with Crippen LogP contribution in [0.15, 0.2) is 42.5 Å². The lowest BCUT2D eigenvalue weighted by molar-refractivity contribution is -0.176. The van der Waals surface area contributed by atoms with Crippen LogP contribution in [0.3, 0.4) is 0 Å². The Morgan fingerprint density at radius 3 is 2.54 bits per heavy atom. The largest absolute Gasteiger partial charge is 0.430 e. The number of hydrogen-bond donors (Lipinski definition) is 0. The highest BCUT2D eigenvalue weighted by Gasteiger charge is 2.25. The molecule has 2 aromatic rings. The van der Waals surface area contributed by atoms with Crippen LogP contribution in [0, 0.1) is 5.92 Å². The van der Waals surface area contributed by atoms with Gasteiger partial charge in [0.05, 0.1) is 5.92 Å². The number of rotatable bonds is 2. The highest BCUT2D eigenvalue weighted by molar-refractivity contribution is 7.80. The normalized spacial score (nSPS) is 15.0. The van der Waals surface area contributed by atoms with Crippen LogP contribution in [0.4, 0.5) is 0 Å². The Labute approximate surface area is 147 Å². The number of fused-ring (bicyclic) bond motifs is 1. The summed E-state index contributed by atoms with van der Waals surface area (Å²) < 4.78 is 5.65. The number of benzene rings is 2. The average molecular weight is 343 g/mol. The molecule has 0 amide bonds. The lowest BCUT2D eigenvalue weighted by Gasteiger charge is -2.24. The summed E-state index contributed by atoms with van der Waals surface area (Å²) in [6.45, 7) is 0. The zero-order valence-electron chi connectivity index (χ0n) is 13.7. The number of hydrogen-bond acceptors (Lipinski definition) is 4. The molecule has 0 atom stereocenters. The second-order valence-electron chi connectivity index (χ2n) is 6.12. The number of hydroxylamine groups is 2. The maximum atomic E-state index is 12.2. The van der Waals surface area contributed by atoms with Crippen molar-refractivity contribution in [2.45, 2.75) is 32.1 Å². The first kappa shape index (κ1) is 16.7. The summed E-state index contributed by atoms with van der Waals surface area (Å²) in [6.07, 6.45) is 5.15. The van der Waals surface area contributed by atoms with E-state index in [0.717, 1.165) is 36.5 Å². The molecule has 1 saturated carbocycles. The summed E-state index contributed by atoms with van der Waals surface area (Å²) in [5.74, 6) is 0.380. The smallest absolute Gasteiger partial charge is 0.335 e. The Balaban J connectivity index is 1.59. The molecular weight excluding hydrogens is 322 g/mol. The van der Waals surface area contributed by atoms with E-state index in [4.69, 9.17) is 21.8 Å². The van der Waals surface area contributed by atoms with E-state index in [9.17, 15) is 4.79 Å². The first-order valence-electron chi connectivity index (χ1n) is 8.29. The minimum Gasteiger partial charge on any atom is -0.430 e. The van der Waals surface area contributed by atoms with Crippen LogP contribution in [0.2, 0.25) is 0 Å². The van der Waals surface area contributed by atoms with Gasteiger partial charge in [0, 0.05) is 7.05 Å². The Kier molecular flexibility index (Phi) is 5.30. The number of carbonyl (C=O) groups excluding carboxylic acids is 1. The van der Waals surface area contributed by atoms with Gasteiger partial charge in [0.1, 0.15) is 5.75 Å². The third kappa shape index (κ3) is 4.03. The summed E-state index contributed by atoms with van der Waals surface area (Å²) in [5, 5.41) is 3.56. The number of carbonyl (C=O) groups is 1. The molecule has 1 aliphatic rings. The van der Waals surface area contributed by atoms with Crippen molar-refractivity contribution in [1.29, 1.82) is 0 Å². The van der Waals surface area contributed by atoms with Crippen LogP contribution in [-0.2, 0) is 9.63 Å². The van der Waals surface area contributed by atoms with E-state index < -0.39 is 0 Å². The van der Waals surface area contributed by atoms with Gasteiger partial charge >= 0.3 is 5.97 Å². The van der Waals surface area contributed by atoms with E-state index in [1.807, 2.05) is 42.5 Å². The number of nitrogens with zero attached hydrogens (tertiary/aromatic N) is 1. The van der Waals surface area contributed by atoms with Gasteiger partial charge in [-0.15, -0.1) is 0 Å². The standard InChI is InChI=1S/C19H21NO3S/c1-20(23-18(21)15-8-3-2-4-9-15)19(24)22-17-12-11-14-7-5-6-10-16(14)13-17/h5-7,10-13,15H,2-4,8-9H2,1H3. The second-order valence-corrected chi connectivity index (χ2v) is 6.47. The van der Waals surface area contributed by atoms with Crippen molar-refractivity contribution in [2.24, 2.45) is 5.92 Å². The fourth-order valence-corrected chi connectivity index (χ4v) is 3.11. The molecule has 5 heteroatoms. The highest BCUT2D eigenvalue weighted by atomic mass is 32.1. The summed E-state index contributed by atoms with van der Waals surface area (Å²) in [7, 11) is 1.60. The Hall–Kier alpha value is -2.14. The maximum absolute atomic E-state index is 12.2. The molecule has 24 heavy (non-hydrogen) atoms. The van der Waals surface area contributed by atoms with E-state index in [1.165, 1.54) is 11.5 Å². The van der Waals surface area contributed by atoms with E-state index >= 15 is 0 Å². The van der Waals surface area contributed by atoms with E-state index in [2.05, 4.69) is 0 Å². The van der Waals surface area contributed by atoms with Crippen LogP contribution < -0.4 is 4.74 Å². The molecule has 0 spiro atoms. The maximum Gasteiger partial charge on any atom is 0.335 e. The molecular formula is C19H21NO3S. The van der Waals surface area contributed by atoms with Crippen molar-refractivity contribution in [3.05, 3.63) is 42.5 Å². The Morgan fingerprint density at radius 1 is 1.08 bits per heavy atom. The molecule has 1 fully saturated rings. The Bertz CT molecular complexity index is 740. The van der Waals surface area contributed by atoms with Crippen LogP contribution >= 0.6 is 12.2 Å². The van der Waals surface area contributed by atoms with Crippen molar-refractivity contribution in [1.82, 2.24) is 5.06 Å². The van der Waals surface area contributed by atoms with Crippen molar-refractivity contribution in [3.63, 3.8) is 0 Å². The van der Waals surface area contributed by atoms with Crippen molar-refractivity contribution >= 4 is 34.1 Å². The van der Waals surface area contributed by atoms with Crippen molar-refractivity contribution < 1.29 is 14.4 Å². The van der Waals surface area contributed by atoms with Gasteiger partial charge in [0.15, 0.2) is 0 Å². The number of thiocarbonyl (C=S) groups is 1. The molecule has 0 bridgehead atoms. The second kappa shape index (κ2) is 7.62. The van der Waals surface area contributed by atoms with Gasteiger partial charge in [-0.3, -0.25) is 0 Å². The first-order valence-corrected chi connectivity index (χ1v) is 8.70. The highest BCUT2D eigenvalue weighted by Crippen LogP contribution is 2.25. The number of ether oxygens (including phenoxy) is 1. The topological polar surface area (TPSA) is 38.8 Å². The molecule has 0 unspecified atom stereocenters. The average Bonchev–Trinajstić information content (AvgIpc) is 2.62. The zero-order chi connectivity index (χ0) is 16.9. The molecule has 126 valence electrons. The fraction of sp³-hybridized carbons (Fsp3) is 0.368. The Morgan fingerprint density at radius 2 is 1.79 bits per heavy atom. The predicted octanol–water partition coefficient (Wildman–Crippen LogP) is 4.47. The van der Waals surface area contributed by atoms with Crippen LogP contribution in [0.5, 0.6) is 5.75 Å². The summed E-state index contributed by atoms with van der Waals surface area (Å²) in [5.41, 5.74) is 0. The van der Waals surface area contributed by atoms with Gasteiger partial charge in [-0.05, 0) is 48.0 Å². The van der Waals surface area contributed by atoms with E-state index in [1.54, 1.807) is 7.05 Å². The van der Waals surface area contributed by atoms with Gasteiger partial charge in [-0.1, -0.05) is 49.6 Å². The van der Waals surface area contributed by atoms with Gasteiger partial charge in [0.2, 0.25) is 0 Å². The van der Waals surface area contributed by atoms with E-state index in [0.29, 0.717) is 5.75 Å². The minimum atomic E-state index is -0.221.